The molecule has 24 heavy (non-hydrogen) atoms. The maximum Gasteiger partial charge on any atom is 0.337 e. The smallest absolute Gasteiger partial charge is 0.337 e. The Labute approximate surface area is 166 Å². The summed E-state index contributed by atoms with van der Waals surface area (Å²) < 4.78 is 1.65. The summed E-state index contributed by atoms with van der Waals surface area (Å²) in [5.41, 5.74) is 12.2. The first-order chi connectivity index (χ1) is 11.3. The molecule has 1 aromatic rings. The number of aliphatic imine (C=N–C) groups is 2. The average molecular weight is 553 g/mol. The van der Waals surface area contributed by atoms with Gasteiger partial charge in [0.25, 0.3) is 0 Å². The fourth-order valence-corrected chi connectivity index (χ4v) is 5.49. The lowest BCUT2D eigenvalue weighted by atomic mass is 9.87. The van der Waals surface area contributed by atoms with Gasteiger partial charge in [-0.3, -0.25) is 4.90 Å². The van der Waals surface area contributed by atoms with E-state index in [0.717, 1.165) is 39.2 Å². The second-order valence-corrected chi connectivity index (χ2v) is 8.32. The van der Waals surface area contributed by atoms with Gasteiger partial charge in [0, 0.05) is 7.14 Å². The van der Waals surface area contributed by atoms with E-state index in [1.54, 1.807) is 11.0 Å². The topological polar surface area (TPSA) is 117 Å². The Morgan fingerprint density at radius 3 is 2.50 bits per heavy atom. The molecular weight excluding hydrogens is 536 g/mol. The number of nitrogens with zero attached hydrogens (tertiary/aromatic N) is 3. The van der Waals surface area contributed by atoms with Crippen LogP contribution in [0.15, 0.2) is 22.1 Å². The molecule has 1 aliphatic carbocycles. The summed E-state index contributed by atoms with van der Waals surface area (Å²) in [7, 11) is 0. The Bertz CT molecular complexity index is 756. The highest BCUT2D eigenvalue weighted by Crippen LogP contribution is 2.42. The fraction of sp³-hybridized carbons (Fsp3) is 0.400. The van der Waals surface area contributed by atoms with Crippen LogP contribution in [-0.4, -0.2) is 28.7 Å². The van der Waals surface area contributed by atoms with E-state index in [-0.39, 0.29) is 17.5 Å². The van der Waals surface area contributed by atoms with Crippen LogP contribution < -0.4 is 16.4 Å². The van der Waals surface area contributed by atoms with Crippen LogP contribution in [0.4, 0.5) is 5.69 Å². The molecule has 0 radical (unpaired) electrons. The number of carboxylic acids is 1. The number of guanidine groups is 2. The standard InChI is InChI=1S/C15H17I2N5O2/c16-8-6-9(12(23)24)11(10(17)7-8)22-14(19)20-13(18)21-15(22)4-2-1-3-5-15/h6-7H,1-5H2,(H,23,24)(H4,18,19,20,21). The van der Waals surface area contributed by atoms with Gasteiger partial charge in [0.05, 0.1) is 11.3 Å². The Morgan fingerprint density at radius 1 is 1.21 bits per heavy atom. The Kier molecular flexibility index (Phi) is 4.91. The van der Waals surface area contributed by atoms with E-state index >= 15 is 0 Å². The maximum absolute atomic E-state index is 11.8. The van der Waals surface area contributed by atoms with Crippen molar-refractivity contribution in [3.63, 3.8) is 0 Å². The van der Waals surface area contributed by atoms with Gasteiger partial charge in [0.2, 0.25) is 11.9 Å². The molecule has 1 heterocycles. The van der Waals surface area contributed by atoms with E-state index < -0.39 is 11.6 Å². The van der Waals surface area contributed by atoms with E-state index in [0.29, 0.717) is 5.69 Å². The minimum atomic E-state index is -0.997. The third kappa shape index (κ3) is 3.07. The normalized spacial score (nSPS) is 19.8. The van der Waals surface area contributed by atoms with Crippen molar-refractivity contribution in [1.82, 2.24) is 0 Å². The molecule has 7 nitrogen and oxygen atoms in total. The van der Waals surface area contributed by atoms with Crippen LogP contribution in [0.25, 0.3) is 0 Å². The molecule has 1 spiro atoms. The molecule has 0 aromatic heterocycles. The van der Waals surface area contributed by atoms with E-state index in [9.17, 15) is 9.90 Å². The van der Waals surface area contributed by atoms with Gasteiger partial charge in [0.15, 0.2) is 0 Å². The number of hydrogen-bond acceptors (Lipinski definition) is 6. The number of benzene rings is 1. The minimum Gasteiger partial charge on any atom is -0.478 e. The van der Waals surface area contributed by atoms with Crippen molar-refractivity contribution in [2.75, 3.05) is 4.90 Å². The number of aromatic carboxylic acids is 1. The van der Waals surface area contributed by atoms with Gasteiger partial charge in [-0.2, -0.15) is 4.99 Å². The molecule has 128 valence electrons. The summed E-state index contributed by atoms with van der Waals surface area (Å²) in [5, 5.41) is 9.70. The molecule has 9 heteroatoms. The number of halogens is 2. The monoisotopic (exact) mass is 553 g/mol. The lowest BCUT2D eigenvalue weighted by Crippen LogP contribution is -2.59. The molecule has 5 N–H and O–H groups in total. The van der Waals surface area contributed by atoms with Crippen molar-refractivity contribution in [3.05, 3.63) is 24.8 Å². The minimum absolute atomic E-state index is 0.156. The summed E-state index contributed by atoms with van der Waals surface area (Å²) in [6, 6.07) is 3.57. The van der Waals surface area contributed by atoms with Crippen LogP contribution in [0.5, 0.6) is 0 Å². The van der Waals surface area contributed by atoms with Gasteiger partial charge in [0.1, 0.15) is 5.66 Å². The molecule has 0 unspecified atom stereocenters. The lowest BCUT2D eigenvalue weighted by Gasteiger charge is -2.46. The second-order valence-electron chi connectivity index (χ2n) is 5.91. The Balaban J connectivity index is 2.23. The van der Waals surface area contributed by atoms with Crippen LogP contribution in [0, 0.1) is 7.14 Å². The fourth-order valence-electron chi connectivity index (χ4n) is 3.40. The van der Waals surface area contributed by atoms with Gasteiger partial charge >= 0.3 is 5.97 Å². The number of carboxylic acid groups (broad SMARTS) is 1. The van der Waals surface area contributed by atoms with E-state index in [4.69, 9.17) is 11.5 Å². The van der Waals surface area contributed by atoms with Crippen molar-refractivity contribution in [1.29, 1.82) is 0 Å². The van der Waals surface area contributed by atoms with Crippen LogP contribution in [-0.2, 0) is 0 Å². The first-order valence-electron chi connectivity index (χ1n) is 7.56. The van der Waals surface area contributed by atoms with Crippen molar-refractivity contribution in [3.8, 4) is 0 Å². The molecular formula is C15H17I2N5O2. The molecule has 0 amide bonds. The van der Waals surface area contributed by atoms with Crippen LogP contribution in [0.3, 0.4) is 0 Å². The number of nitrogens with two attached hydrogens (primary N) is 2. The van der Waals surface area contributed by atoms with Crippen LogP contribution in [0.1, 0.15) is 42.5 Å². The summed E-state index contributed by atoms with van der Waals surface area (Å²) in [6.07, 6.45) is 4.64. The Morgan fingerprint density at radius 2 is 1.88 bits per heavy atom. The van der Waals surface area contributed by atoms with E-state index in [2.05, 4.69) is 55.2 Å². The van der Waals surface area contributed by atoms with E-state index in [1.165, 1.54) is 0 Å². The van der Waals surface area contributed by atoms with Gasteiger partial charge in [-0.1, -0.05) is 6.42 Å². The number of carbonyl (C=O) groups is 1. The second kappa shape index (κ2) is 6.65. The summed E-state index contributed by atoms with van der Waals surface area (Å²) >= 11 is 4.25. The zero-order valence-electron chi connectivity index (χ0n) is 12.8. The third-order valence-electron chi connectivity index (χ3n) is 4.33. The van der Waals surface area contributed by atoms with Crippen molar-refractivity contribution < 1.29 is 9.90 Å². The van der Waals surface area contributed by atoms with Gasteiger partial charge < -0.3 is 16.6 Å². The first-order valence-corrected chi connectivity index (χ1v) is 9.72. The van der Waals surface area contributed by atoms with Crippen LogP contribution >= 0.6 is 45.2 Å². The lowest BCUT2D eigenvalue weighted by molar-refractivity contribution is 0.0697. The molecule has 0 saturated heterocycles. The third-order valence-corrected chi connectivity index (χ3v) is 5.78. The summed E-state index contributed by atoms with van der Waals surface area (Å²) in [6.45, 7) is 0. The van der Waals surface area contributed by atoms with Gasteiger partial charge in [-0.15, -0.1) is 0 Å². The first kappa shape index (κ1) is 17.7. The number of rotatable bonds is 2. The predicted molar refractivity (Wildman–Crippen MR) is 110 cm³/mol. The van der Waals surface area contributed by atoms with Gasteiger partial charge in [-0.05, 0) is 83.0 Å². The van der Waals surface area contributed by atoms with E-state index in [1.807, 2.05) is 6.07 Å². The zero-order valence-corrected chi connectivity index (χ0v) is 17.1. The summed E-state index contributed by atoms with van der Waals surface area (Å²) in [5.74, 6) is -0.642. The number of hydrogen-bond donors (Lipinski definition) is 3. The highest BCUT2D eigenvalue weighted by molar-refractivity contribution is 14.1. The van der Waals surface area contributed by atoms with Crippen LogP contribution in [0.2, 0.25) is 0 Å². The molecule has 1 aromatic carbocycles. The molecule has 3 rings (SSSR count). The molecule has 1 fully saturated rings. The van der Waals surface area contributed by atoms with Crippen molar-refractivity contribution in [2.45, 2.75) is 37.8 Å². The van der Waals surface area contributed by atoms with Crippen molar-refractivity contribution in [2.24, 2.45) is 21.5 Å². The molecule has 1 aliphatic heterocycles. The molecule has 0 atom stereocenters. The average Bonchev–Trinajstić information content (AvgIpc) is 2.48. The largest absolute Gasteiger partial charge is 0.478 e. The molecule has 2 aliphatic rings. The highest BCUT2D eigenvalue weighted by atomic mass is 127. The molecule has 0 bridgehead atoms. The predicted octanol–water partition coefficient (Wildman–Crippen LogP) is 2.70. The quantitative estimate of drug-likeness (QED) is 0.488. The highest BCUT2D eigenvalue weighted by Gasteiger charge is 2.44. The Hall–Kier alpha value is -1.11. The number of anilines is 1. The van der Waals surface area contributed by atoms with Crippen molar-refractivity contribution >= 4 is 68.8 Å². The maximum atomic E-state index is 11.8. The van der Waals surface area contributed by atoms with Gasteiger partial charge in [-0.25, -0.2) is 9.79 Å². The molecule has 1 saturated carbocycles. The zero-order chi connectivity index (χ0) is 17.5. The summed E-state index contributed by atoms with van der Waals surface area (Å²) in [4.78, 5) is 22.3. The SMILES string of the molecule is NC1=NC2(CCCCC2)N(c2c(I)cc(I)cc2C(=O)O)C(N)=N1.